The molecule has 3 nitrogen and oxygen atoms in total. The van der Waals surface area contributed by atoms with Crippen LogP contribution in [0.15, 0.2) is 6.07 Å². The minimum Gasteiger partial charge on any atom is -0.469 e. The number of hydrogen-bond acceptors (Lipinski definition) is 3. The number of esters is 1. The number of carbonyl (C=O) groups excluding carboxylic acids is 1. The van der Waals surface area contributed by atoms with Crippen LogP contribution >= 0.6 is 0 Å². The maximum atomic E-state index is 13.0. The topological polar surface area (TPSA) is 39.2 Å². The lowest BCUT2D eigenvalue weighted by atomic mass is 10.1. The van der Waals surface area contributed by atoms with E-state index in [1.165, 1.54) is 0 Å². The van der Waals surface area contributed by atoms with Gasteiger partial charge >= 0.3 is 12.1 Å². The molecular weight excluding hydrogens is 280 g/mol. The van der Waals surface area contributed by atoms with Crippen LogP contribution in [0.5, 0.6) is 0 Å². The fourth-order valence-corrected chi connectivity index (χ4v) is 1.31. The molecule has 0 aliphatic rings. The van der Waals surface area contributed by atoms with Gasteiger partial charge in [-0.05, 0) is 11.6 Å². The van der Waals surface area contributed by atoms with E-state index >= 15 is 0 Å². The summed E-state index contributed by atoms with van der Waals surface area (Å²) in [4.78, 5) is 13.4. The Balaban J connectivity index is 3.37. The van der Waals surface area contributed by atoms with Crippen LogP contribution in [-0.4, -0.2) is 18.1 Å². The van der Waals surface area contributed by atoms with Gasteiger partial charge in [0.15, 0.2) is 5.69 Å². The van der Waals surface area contributed by atoms with Crippen molar-refractivity contribution < 1.29 is 35.9 Å². The van der Waals surface area contributed by atoms with Gasteiger partial charge in [-0.1, -0.05) is 0 Å². The lowest BCUT2D eigenvalue weighted by molar-refractivity contribution is -0.144. The molecule has 19 heavy (non-hydrogen) atoms. The maximum absolute atomic E-state index is 13.0. The lowest BCUT2D eigenvalue weighted by Gasteiger charge is -2.13. The second-order valence-electron chi connectivity index (χ2n) is 3.43. The molecule has 0 atom stereocenters. The van der Waals surface area contributed by atoms with Crippen molar-refractivity contribution in [1.82, 2.24) is 4.98 Å². The fourth-order valence-electron chi connectivity index (χ4n) is 1.31. The third-order valence-electron chi connectivity index (χ3n) is 2.15. The Labute approximate surface area is 103 Å². The van der Waals surface area contributed by atoms with Gasteiger partial charge in [0.25, 0.3) is 6.43 Å². The van der Waals surface area contributed by atoms with Gasteiger partial charge in [0.1, 0.15) is 0 Å². The monoisotopic (exact) mass is 287 g/mol. The Morgan fingerprint density at radius 3 is 2.42 bits per heavy atom. The third kappa shape index (κ3) is 3.58. The Hall–Kier alpha value is -1.80. The molecule has 9 heteroatoms. The summed E-state index contributed by atoms with van der Waals surface area (Å²) in [6.45, 7) is 0. The molecule has 0 N–H and O–H groups in total. The summed E-state index contributed by atoms with van der Waals surface area (Å²) in [5, 5.41) is 0. The van der Waals surface area contributed by atoms with E-state index in [0.717, 1.165) is 7.11 Å². The SMILES string of the molecule is COC(=O)Cc1cc(C(F)F)c(F)nc1C(F)(F)F. The Morgan fingerprint density at radius 2 is 2.00 bits per heavy atom. The first-order chi connectivity index (χ1) is 8.66. The van der Waals surface area contributed by atoms with E-state index in [9.17, 15) is 31.1 Å². The molecule has 106 valence electrons. The van der Waals surface area contributed by atoms with E-state index in [0.29, 0.717) is 0 Å². The summed E-state index contributed by atoms with van der Waals surface area (Å²) in [5.41, 5.74) is -3.89. The van der Waals surface area contributed by atoms with E-state index in [-0.39, 0.29) is 6.07 Å². The minimum absolute atomic E-state index is 0.271. The summed E-state index contributed by atoms with van der Waals surface area (Å²) < 4.78 is 79.6. The second-order valence-corrected chi connectivity index (χ2v) is 3.43. The molecule has 1 rings (SSSR count). The number of rotatable bonds is 3. The number of nitrogens with zero attached hydrogens (tertiary/aromatic N) is 1. The molecule has 0 aliphatic heterocycles. The van der Waals surface area contributed by atoms with Crippen LogP contribution in [0.1, 0.15) is 23.2 Å². The number of methoxy groups -OCH3 is 1. The Bertz CT molecular complexity index is 486. The zero-order valence-corrected chi connectivity index (χ0v) is 9.39. The molecule has 1 aromatic heterocycles. The number of pyridine rings is 1. The van der Waals surface area contributed by atoms with Crippen LogP contribution < -0.4 is 0 Å². The molecule has 0 aromatic carbocycles. The van der Waals surface area contributed by atoms with Crippen molar-refractivity contribution in [2.45, 2.75) is 19.0 Å². The highest BCUT2D eigenvalue weighted by Gasteiger charge is 2.37. The van der Waals surface area contributed by atoms with Crippen molar-refractivity contribution in [3.63, 3.8) is 0 Å². The third-order valence-corrected chi connectivity index (χ3v) is 2.15. The normalized spacial score (nSPS) is 11.8. The van der Waals surface area contributed by atoms with Gasteiger partial charge in [-0.2, -0.15) is 17.6 Å². The molecule has 0 saturated heterocycles. The largest absolute Gasteiger partial charge is 0.469 e. The van der Waals surface area contributed by atoms with Crippen molar-refractivity contribution in [3.05, 3.63) is 28.8 Å². The number of hydrogen-bond donors (Lipinski definition) is 0. The first-order valence-corrected chi connectivity index (χ1v) is 4.78. The van der Waals surface area contributed by atoms with E-state index < -0.39 is 47.8 Å². The first kappa shape index (κ1) is 15.3. The van der Waals surface area contributed by atoms with Crippen molar-refractivity contribution >= 4 is 5.97 Å². The molecule has 0 saturated carbocycles. The molecule has 0 fully saturated rings. The van der Waals surface area contributed by atoms with Gasteiger partial charge in [0.05, 0.1) is 19.1 Å². The molecule has 0 unspecified atom stereocenters. The molecular formula is C10H7F6NO2. The van der Waals surface area contributed by atoms with Crippen LogP contribution in [0, 0.1) is 5.95 Å². The Kier molecular flexibility index (Phi) is 4.38. The van der Waals surface area contributed by atoms with E-state index in [2.05, 4.69) is 9.72 Å². The summed E-state index contributed by atoms with van der Waals surface area (Å²) in [6.07, 6.45) is -9.34. The summed E-state index contributed by atoms with van der Waals surface area (Å²) in [6, 6.07) is 0.271. The number of carbonyl (C=O) groups is 1. The highest BCUT2D eigenvalue weighted by atomic mass is 19.4. The van der Waals surface area contributed by atoms with E-state index in [4.69, 9.17) is 0 Å². The van der Waals surface area contributed by atoms with Gasteiger partial charge in [0.2, 0.25) is 5.95 Å². The van der Waals surface area contributed by atoms with Gasteiger partial charge in [-0.25, -0.2) is 13.8 Å². The van der Waals surface area contributed by atoms with Crippen molar-refractivity contribution in [3.8, 4) is 0 Å². The molecule has 1 aromatic rings. The van der Waals surface area contributed by atoms with Crippen LogP contribution in [0.3, 0.4) is 0 Å². The lowest BCUT2D eigenvalue weighted by Crippen LogP contribution is -2.17. The average Bonchev–Trinajstić information content (AvgIpc) is 2.28. The number of aromatic nitrogens is 1. The maximum Gasteiger partial charge on any atom is 0.433 e. The Morgan fingerprint density at radius 1 is 1.42 bits per heavy atom. The molecule has 1 heterocycles. The van der Waals surface area contributed by atoms with Crippen LogP contribution in [0.25, 0.3) is 0 Å². The number of alkyl halides is 5. The number of ether oxygens (including phenoxy) is 1. The molecule has 0 spiro atoms. The van der Waals surface area contributed by atoms with Crippen molar-refractivity contribution in [2.24, 2.45) is 0 Å². The van der Waals surface area contributed by atoms with Gasteiger partial charge < -0.3 is 4.74 Å². The zero-order chi connectivity index (χ0) is 14.8. The van der Waals surface area contributed by atoms with Crippen LogP contribution in [0.4, 0.5) is 26.3 Å². The molecule has 0 bridgehead atoms. The molecule has 0 radical (unpaired) electrons. The van der Waals surface area contributed by atoms with Crippen LogP contribution in [0.2, 0.25) is 0 Å². The quantitative estimate of drug-likeness (QED) is 0.487. The number of halogens is 6. The summed E-state index contributed by atoms with van der Waals surface area (Å²) >= 11 is 0. The van der Waals surface area contributed by atoms with E-state index in [1.54, 1.807) is 0 Å². The van der Waals surface area contributed by atoms with Gasteiger partial charge in [-0.3, -0.25) is 4.79 Å². The second kappa shape index (κ2) is 5.45. The van der Waals surface area contributed by atoms with Crippen molar-refractivity contribution in [1.29, 1.82) is 0 Å². The van der Waals surface area contributed by atoms with Crippen LogP contribution in [-0.2, 0) is 22.1 Å². The van der Waals surface area contributed by atoms with Gasteiger partial charge in [0, 0.05) is 0 Å². The highest BCUT2D eigenvalue weighted by Crippen LogP contribution is 2.33. The first-order valence-electron chi connectivity index (χ1n) is 4.78. The predicted molar refractivity (Wildman–Crippen MR) is 49.9 cm³/mol. The molecule has 0 amide bonds. The van der Waals surface area contributed by atoms with E-state index in [1.807, 2.05) is 0 Å². The predicted octanol–water partition coefficient (Wildman–Crippen LogP) is 2.89. The smallest absolute Gasteiger partial charge is 0.433 e. The summed E-state index contributed by atoms with van der Waals surface area (Å²) in [7, 11) is 0.917. The van der Waals surface area contributed by atoms with Gasteiger partial charge in [-0.15, -0.1) is 0 Å². The standard InChI is InChI=1S/C10H7F6NO2/c1-19-6(18)3-4-2-5(8(11)12)9(13)17-7(4)10(14,15)16/h2,8H,3H2,1H3. The van der Waals surface area contributed by atoms with Crippen molar-refractivity contribution in [2.75, 3.05) is 7.11 Å². The average molecular weight is 287 g/mol. The summed E-state index contributed by atoms with van der Waals surface area (Å²) in [5.74, 6) is -3.00. The minimum atomic E-state index is -5.06. The fraction of sp³-hybridized carbons (Fsp3) is 0.400. The molecule has 0 aliphatic carbocycles. The zero-order valence-electron chi connectivity index (χ0n) is 9.39. The highest BCUT2D eigenvalue weighted by molar-refractivity contribution is 5.72.